The normalized spacial score (nSPS) is 19.5. The third-order valence-electron chi connectivity index (χ3n) is 11.2. The molecule has 1 atom stereocenters. The Hall–Kier alpha value is -4.33. The Morgan fingerprint density at radius 3 is 1.61 bits per heavy atom. The van der Waals surface area contributed by atoms with E-state index in [-0.39, 0.29) is 0 Å². The van der Waals surface area contributed by atoms with Crippen LogP contribution in [0.5, 0.6) is 0 Å². The van der Waals surface area contributed by atoms with E-state index in [9.17, 15) is 12.6 Å². The molecule has 2 heterocycles. The highest BCUT2D eigenvalue weighted by Crippen LogP contribution is 2.50. The third-order valence-corrected chi connectivity index (χ3v) is 21.5. The van der Waals surface area contributed by atoms with Crippen molar-refractivity contribution in [2.45, 2.75) is 74.9 Å². The van der Waals surface area contributed by atoms with Gasteiger partial charge in [0.1, 0.15) is 8.07 Å². The minimum Gasteiger partial charge on any atom is -0.258 e. The number of hydrogen-bond donors (Lipinski definition) is 0. The molecule has 6 heteroatoms. The zero-order chi connectivity index (χ0) is 34.8. The maximum atomic E-state index is 14.8. The molecule has 8 rings (SSSR count). The first-order valence-electron chi connectivity index (χ1n) is 16.9. The van der Waals surface area contributed by atoms with Gasteiger partial charge in [-0.15, -0.1) is 11.5 Å². The van der Waals surface area contributed by atoms with E-state index in [1.165, 1.54) is 0 Å². The van der Waals surface area contributed by atoms with E-state index in [1.807, 2.05) is 36.4 Å². The van der Waals surface area contributed by atoms with E-state index >= 15 is 0 Å². The van der Waals surface area contributed by atoms with Crippen molar-refractivity contribution in [2.75, 3.05) is 0 Å². The van der Waals surface area contributed by atoms with Gasteiger partial charge in [-0.1, -0.05) is 89.8 Å². The van der Waals surface area contributed by atoms with Crippen molar-refractivity contribution in [3.05, 3.63) is 115 Å². The van der Waals surface area contributed by atoms with Gasteiger partial charge in [0, 0.05) is 36.7 Å². The molecule has 1 unspecified atom stereocenters. The summed E-state index contributed by atoms with van der Waals surface area (Å²) >= 11 is 0. The third kappa shape index (κ3) is 4.06. The fourth-order valence-corrected chi connectivity index (χ4v) is 18.3. The van der Waals surface area contributed by atoms with Gasteiger partial charge in [0.15, 0.2) is 0 Å². The minimum atomic E-state index is -3.73. The van der Waals surface area contributed by atoms with Crippen LogP contribution in [0, 0.1) is 23.3 Å². The second-order valence-electron chi connectivity index (χ2n) is 14.5. The van der Waals surface area contributed by atoms with Gasteiger partial charge in [-0.25, -0.2) is 8.42 Å². The molecule has 0 aromatic heterocycles. The highest BCUT2D eigenvalue weighted by Gasteiger charge is 2.44. The Labute approximate surface area is 291 Å². The largest absolute Gasteiger partial charge is 0.258 e. The SMILES string of the molecule is C=S1(=O)C2=C(C#C[Si](C(C)C)(C(C)C)C(C)C)c3cc4cc5c(cc4cc3=C2c2ccccc21)C(C#CC)=C1C=5c2ccccc2S1(=O)=O. The number of sulfone groups is 1. The first-order chi connectivity index (χ1) is 23.3. The van der Waals surface area contributed by atoms with Gasteiger partial charge in [0.05, 0.1) is 20.3 Å². The highest BCUT2D eigenvalue weighted by atomic mass is 32.2. The van der Waals surface area contributed by atoms with E-state index < -0.39 is 27.4 Å². The van der Waals surface area contributed by atoms with Gasteiger partial charge >= 0.3 is 0 Å². The van der Waals surface area contributed by atoms with Crippen LogP contribution < -0.4 is 10.4 Å². The van der Waals surface area contributed by atoms with E-state index in [0.717, 1.165) is 70.0 Å². The summed E-state index contributed by atoms with van der Waals surface area (Å²) in [5.74, 6) is 14.2. The summed E-state index contributed by atoms with van der Waals surface area (Å²) in [5, 5.41) is 3.81. The van der Waals surface area contributed by atoms with Crippen molar-refractivity contribution in [1.29, 1.82) is 0 Å². The highest BCUT2D eigenvalue weighted by molar-refractivity contribution is 8.05. The molecule has 2 aliphatic carbocycles. The average molecular weight is 695 g/mol. The monoisotopic (exact) mass is 694 g/mol. The summed E-state index contributed by atoms with van der Waals surface area (Å²) in [5.41, 5.74) is 11.8. The van der Waals surface area contributed by atoms with Gasteiger partial charge in [-0.3, -0.25) is 4.21 Å². The molecular formula is C43H38O3S2Si. The molecular weight excluding hydrogens is 657 g/mol. The molecule has 3 nitrogen and oxygen atoms in total. The van der Waals surface area contributed by atoms with E-state index in [2.05, 4.69) is 95.0 Å². The number of fused-ring (bicyclic) bond motifs is 9. The molecule has 4 aromatic rings. The number of benzene rings is 4. The van der Waals surface area contributed by atoms with Crippen LogP contribution in [0.1, 0.15) is 70.7 Å². The van der Waals surface area contributed by atoms with Gasteiger partial charge < -0.3 is 0 Å². The van der Waals surface area contributed by atoms with Crippen LogP contribution in [0.3, 0.4) is 0 Å². The van der Waals surface area contributed by atoms with Crippen LogP contribution in [0.4, 0.5) is 0 Å². The van der Waals surface area contributed by atoms with Gasteiger partial charge in [-0.2, -0.15) is 0 Å². The first-order valence-corrected chi connectivity index (χ1v) is 22.3. The van der Waals surface area contributed by atoms with Crippen molar-refractivity contribution < 1.29 is 12.6 Å². The molecule has 2 aliphatic heterocycles. The molecule has 0 amide bonds. The molecule has 0 N–H and O–H groups in total. The van der Waals surface area contributed by atoms with E-state index in [0.29, 0.717) is 32.0 Å². The molecule has 0 saturated heterocycles. The zero-order valence-corrected chi connectivity index (χ0v) is 31.5. The van der Waals surface area contributed by atoms with Crippen molar-refractivity contribution in [2.24, 2.45) is 0 Å². The van der Waals surface area contributed by atoms with Crippen LogP contribution in [-0.2, 0) is 19.4 Å². The lowest BCUT2D eigenvalue weighted by atomic mass is 9.96. The van der Waals surface area contributed by atoms with Gasteiger partial charge in [-0.05, 0) is 104 Å². The lowest BCUT2D eigenvalue weighted by molar-refractivity contribution is 0.604. The van der Waals surface area contributed by atoms with Crippen molar-refractivity contribution in [1.82, 2.24) is 0 Å². The molecule has 4 aliphatic rings. The van der Waals surface area contributed by atoms with Crippen LogP contribution >= 0.6 is 0 Å². The van der Waals surface area contributed by atoms with Crippen LogP contribution in [0.2, 0.25) is 16.6 Å². The second-order valence-corrected chi connectivity index (χ2v) is 24.1. The summed E-state index contributed by atoms with van der Waals surface area (Å²) in [6.07, 6.45) is 0. The summed E-state index contributed by atoms with van der Waals surface area (Å²) in [7, 11) is -8.67. The van der Waals surface area contributed by atoms with Gasteiger partial charge in [0.2, 0.25) is 9.84 Å². The fourth-order valence-electron chi connectivity index (χ4n) is 9.11. The Bertz CT molecular complexity index is 2770. The molecule has 0 saturated carbocycles. The maximum absolute atomic E-state index is 14.8. The average Bonchev–Trinajstić information content (AvgIpc) is 3.70. The fraction of sp³-hybridized carbons (Fsp3) is 0.233. The molecule has 0 spiro atoms. The van der Waals surface area contributed by atoms with Crippen molar-refractivity contribution in [3.8, 4) is 23.3 Å². The summed E-state index contributed by atoms with van der Waals surface area (Å²) < 4.78 is 42.6. The van der Waals surface area contributed by atoms with Crippen LogP contribution in [-0.4, -0.2) is 26.6 Å². The molecule has 244 valence electrons. The summed E-state index contributed by atoms with van der Waals surface area (Å²) in [6, 6.07) is 23.7. The number of rotatable bonds is 3. The molecule has 0 fully saturated rings. The Morgan fingerprint density at radius 2 is 1.08 bits per heavy atom. The van der Waals surface area contributed by atoms with Gasteiger partial charge in [0.25, 0.3) is 0 Å². The lowest BCUT2D eigenvalue weighted by Gasteiger charge is -2.38. The number of hydrogen-bond acceptors (Lipinski definition) is 3. The Kier molecular flexibility index (Phi) is 6.89. The zero-order valence-electron chi connectivity index (χ0n) is 28.9. The Balaban J connectivity index is 1.49. The number of allylic oxidation sites excluding steroid dienone is 4. The van der Waals surface area contributed by atoms with Crippen LogP contribution in [0.25, 0.3) is 33.1 Å². The summed E-state index contributed by atoms with van der Waals surface area (Å²) in [4.78, 5) is 2.15. The van der Waals surface area contributed by atoms with Crippen molar-refractivity contribution in [3.63, 3.8) is 0 Å². The quantitative estimate of drug-likeness (QED) is 0.125. The molecule has 4 aromatic carbocycles. The topological polar surface area (TPSA) is 51.2 Å². The predicted molar refractivity (Wildman–Crippen MR) is 208 cm³/mol. The standard InChI is InChI=1S/C43H38O3S2Si/c1-9-14-30-34-21-28-23-36-35(22-29(28)24-37(34)41-33-16-11-13-18-39(33)48(45,46)43(30)41)31(19-20-49(25(2)3,26(4)5)27(6)7)42-40(36)32-15-10-12-17-38(32)47(42,8)44/h10-13,15-18,21-27H,8H2,1-7H3. The van der Waals surface area contributed by atoms with Crippen LogP contribution in [0.15, 0.2) is 92.4 Å². The van der Waals surface area contributed by atoms with Crippen molar-refractivity contribution >= 4 is 66.4 Å². The maximum Gasteiger partial charge on any atom is 0.209 e. The first kappa shape index (κ1) is 31.9. The molecule has 49 heavy (non-hydrogen) atoms. The summed E-state index contributed by atoms with van der Waals surface area (Å²) in [6.45, 7) is 15.6. The molecule has 0 radical (unpaired) electrons. The van der Waals surface area contributed by atoms with E-state index in [4.69, 9.17) is 0 Å². The minimum absolute atomic E-state index is 0.308. The van der Waals surface area contributed by atoms with E-state index in [1.54, 1.807) is 19.1 Å². The second kappa shape index (κ2) is 10.6. The lowest BCUT2D eigenvalue weighted by Crippen LogP contribution is -2.43. The predicted octanol–water partition coefficient (Wildman–Crippen LogP) is 7.81. The molecule has 0 bridgehead atoms. The smallest absolute Gasteiger partial charge is 0.209 e. The Morgan fingerprint density at radius 1 is 0.612 bits per heavy atom.